The van der Waals surface area contributed by atoms with E-state index in [-0.39, 0.29) is 30.4 Å². The van der Waals surface area contributed by atoms with Crippen LogP contribution >= 0.6 is 11.3 Å². The number of methoxy groups -OCH3 is 1. The quantitative estimate of drug-likeness (QED) is 0.548. The monoisotopic (exact) mass is 497 g/mol. The number of benzene rings is 1. The van der Waals surface area contributed by atoms with Gasteiger partial charge in [0.2, 0.25) is 5.91 Å². The number of amides is 2. The van der Waals surface area contributed by atoms with Gasteiger partial charge in [-0.05, 0) is 69.2 Å². The summed E-state index contributed by atoms with van der Waals surface area (Å²) in [5.74, 6) is -0.411. The van der Waals surface area contributed by atoms with Crippen molar-refractivity contribution in [2.45, 2.75) is 57.9 Å². The third-order valence-corrected chi connectivity index (χ3v) is 8.17. The lowest BCUT2D eigenvalue weighted by Crippen LogP contribution is -2.49. The summed E-state index contributed by atoms with van der Waals surface area (Å²) < 4.78 is 5.03. The molecule has 188 valence electrons. The fourth-order valence-electron chi connectivity index (χ4n) is 5.20. The van der Waals surface area contributed by atoms with E-state index in [0.29, 0.717) is 23.7 Å². The van der Waals surface area contributed by atoms with Crippen LogP contribution in [0.15, 0.2) is 30.3 Å². The van der Waals surface area contributed by atoms with E-state index < -0.39 is 0 Å². The van der Waals surface area contributed by atoms with Crippen molar-refractivity contribution in [3.8, 4) is 0 Å². The van der Waals surface area contributed by atoms with E-state index >= 15 is 0 Å². The molecule has 35 heavy (non-hydrogen) atoms. The molecule has 0 unspecified atom stereocenters. The number of fused-ring (bicyclic) bond motifs is 1. The number of rotatable bonds is 8. The fourth-order valence-corrected chi connectivity index (χ4v) is 6.49. The van der Waals surface area contributed by atoms with Crippen molar-refractivity contribution in [1.82, 2.24) is 9.80 Å². The largest absolute Gasteiger partial charge is 0.465 e. The summed E-state index contributed by atoms with van der Waals surface area (Å²) in [5, 5.41) is 3.65. The highest BCUT2D eigenvalue weighted by Gasteiger charge is 2.30. The number of likely N-dealkylation sites (tertiary alicyclic amines) is 1. The molecule has 1 fully saturated rings. The summed E-state index contributed by atoms with van der Waals surface area (Å²) in [7, 11) is 1.39. The van der Waals surface area contributed by atoms with Gasteiger partial charge in [0.15, 0.2) is 0 Å². The van der Waals surface area contributed by atoms with E-state index in [0.717, 1.165) is 62.6 Å². The Hall–Kier alpha value is -2.71. The Bertz CT molecular complexity index is 1040. The molecule has 0 bridgehead atoms. The number of aryl methyl sites for hydroxylation is 1. The highest BCUT2D eigenvalue weighted by molar-refractivity contribution is 7.17. The van der Waals surface area contributed by atoms with Crippen LogP contribution in [0.25, 0.3) is 0 Å². The number of carbonyl (C=O) groups excluding carboxylic acids is 3. The van der Waals surface area contributed by atoms with Crippen molar-refractivity contribution in [1.29, 1.82) is 0 Å². The summed E-state index contributed by atoms with van der Waals surface area (Å²) in [4.78, 5) is 43.7. The third kappa shape index (κ3) is 5.93. The average molecular weight is 498 g/mol. The molecule has 8 heteroatoms. The lowest BCUT2D eigenvalue weighted by molar-refractivity contribution is -0.118. The number of thiophene rings is 1. The topological polar surface area (TPSA) is 79.0 Å². The fraction of sp³-hybridized carbons (Fsp3) is 0.519. The average Bonchev–Trinajstić information content (AvgIpc) is 3.25. The summed E-state index contributed by atoms with van der Waals surface area (Å²) in [5.41, 5.74) is 2.30. The van der Waals surface area contributed by atoms with Gasteiger partial charge in [0.05, 0.1) is 19.2 Å². The first-order chi connectivity index (χ1) is 17.0. The molecule has 2 aromatic rings. The zero-order valence-corrected chi connectivity index (χ0v) is 21.5. The molecule has 7 nitrogen and oxygen atoms in total. The van der Waals surface area contributed by atoms with Crippen molar-refractivity contribution >= 4 is 34.1 Å². The van der Waals surface area contributed by atoms with Crippen LogP contribution in [0, 0.1) is 0 Å². The van der Waals surface area contributed by atoms with Crippen LogP contribution in [0.5, 0.6) is 0 Å². The standard InChI is InChI=1S/C27H35N3O4S/c1-3-15-30(20-13-16-29(17-14-20)26(32)19-9-5-4-6-10-19)18-23(31)28-25-24(27(33)34-2)21-11-7-8-12-22(21)35-25/h4-6,9-10,20H,3,7-8,11-18H2,1-2H3,(H,28,31). The van der Waals surface area contributed by atoms with E-state index in [9.17, 15) is 14.4 Å². The van der Waals surface area contributed by atoms with Gasteiger partial charge >= 0.3 is 5.97 Å². The Morgan fingerprint density at radius 1 is 1.11 bits per heavy atom. The van der Waals surface area contributed by atoms with Crippen LogP contribution in [0.1, 0.15) is 70.2 Å². The maximum Gasteiger partial charge on any atom is 0.341 e. The van der Waals surface area contributed by atoms with Crippen LogP contribution in [-0.2, 0) is 22.4 Å². The van der Waals surface area contributed by atoms with E-state index in [1.54, 1.807) is 0 Å². The molecule has 1 aliphatic carbocycles. The SMILES string of the molecule is CCCN(CC(=O)Nc1sc2c(c1C(=O)OC)CCCC2)C1CCN(C(=O)c2ccccc2)CC1. The van der Waals surface area contributed by atoms with E-state index in [4.69, 9.17) is 4.74 Å². The number of hydrogen-bond donors (Lipinski definition) is 1. The van der Waals surface area contributed by atoms with E-state index in [1.807, 2.05) is 35.2 Å². The number of esters is 1. The highest BCUT2D eigenvalue weighted by Crippen LogP contribution is 2.38. The predicted octanol–water partition coefficient (Wildman–Crippen LogP) is 4.37. The van der Waals surface area contributed by atoms with Crippen molar-refractivity contribution < 1.29 is 19.1 Å². The van der Waals surface area contributed by atoms with E-state index in [1.165, 1.54) is 23.3 Å². The lowest BCUT2D eigenvalue weighted by Gasteiger charge is -2.38. The molecular formula is C27H35N3O4S. The smallest absolute Gasteiger partial charge is 0.341 e. The molecule has 0 radical (unpaired) electrons. The minimum Gasteiger partial charge on any atom is -0.465 e. The summed E-state index contributed by atoms with van der Waals surface area (Å²) in [6.07, 6.45) is 6.58. The van der Waals surface area contributed by atoms with E-state index in [2.05, 4.69) is 17.1 Å². The van der Waals surface area contributed by atoms with Gasteiger partial charge in [0.1, 0.15) is 5.00 Å². The summed E-state index contributed by atoms with van der Waals surface area (Å²) in [6.45, 7) is 4.57. The number of hydrogen-bond acceptors (Lipinski definition) is 6. The van der Waals surface area contributed by atoms with Gasteiger partial charge < -0.3 is 15.0 Å². The Labute approximate surface area is 211 Å². The van der Waals surface area contributed by atoms with Crippen molar-refractivity contribution in [2.75, 3.05) is 38.6 Å². The highest BCUT2D eigenvalue weighted by atomic mass is 32.1. The molecule has 1 N–H and O–H groups in total. The molecule has 0 saturated carbocycles. The Kier molecular flexibility index (Phi) is 8.57. The number of carbonyl (C=O) groups is 3. The minimum atomic E-state index is -0.374. The Morgan fingerprint density at radius 3 is 2.51 bits per heavy atom. The summed E-state index contributed by atoms with van der Waals surface area (Å²) >= 11 is 1.52. The van der Waals surface area contributed by atoms with Gasteiger partial charge in [0, 0.05) is 29.6 Å². The van der Waals surface area contributed by atoms with Gasteiger partial charge in [0.25, 0.3) is 5.91 Å². The van der Waals surface area contributed by atoms with Crippen molar-refractivity contribution in [2.24, 2.45) is 0 Å². The number of anilines is 1. The van der Waals surface area contributed by atoms with Crippen molar-refractivity contribution in [3.63, 3.8) is 0 Å². The molecular weight excluding hydrogens is 462 g/mol. The molecule has 2 heterocycles. The number of piperidine rings is 1. The third-order valence-electron chi connectivity index (χ3n) is 6.96. The first kappa shape index (κ1) is 25.4. The van der Waals surface area contributed by atoms with Crippen LogP contribution < -0.4 is 5.32 Å². The molecule has 4 rings (SSSR count). The number of ether oxygens (including phenoxy) is 1. The van der Waals surface area contributed by atoms with Crippen LogP contribution in [-0.4, -0.2) is 66.9 Å². The van der Waals surface area contributed by atoms with Crippen LogP contribution in [0.3, 0.4) is 0 Å². The molecule has 1 aliphatic heterocycles. The molecule has 1 aromatic heterocycles. The molecule has 1 aromatic carbocycles. The van der Waals surface area contributed by atoms with Gasteiger partial charge in [-0.3, -0.25) is 14.5 Å². The van der Waals surface area contributed by atoms with Crippen LogP contribution in [0.4, 0.5) is 5.00 Å². The van der Waals surface area contributed by atoms with Crippen molar-refractivity contribution in [3.05, 3.63) is 51.9 Å². The molecule has 0 spiro atoms. The Balaban J connectivity index is 1.39. The Morgan fingerprint density at radius 2 is 1.83 bits per heavy atom. The van der Waals surface area contributed by atoms with Gasteiger partial charge in [-0.25, -0.2) is 4.79 Å². The zero-order valence-electron chi connectivity index (χ0n) is 20.7. The lowest BCUT2D eigenvalue weighted by atomic mass is 9.95. The zero-order chi connectivity index (χ0) is 24.8. The molecule has 1 saturated heterocycles. The maximum atomic E-state index is 13.1. The second kappa shape index (κ2) is 11.8. The second-order valence-corrected chi connectivity index (χ2v) is 10.4. The van der Waals surface area contributed by atoms with Gasteiger partial charge in [-0.2, -0.15) is 0 Å². The minimum absolute atomic E-state index is 0.0702. The molecule has 0 atom stereocenters. The maximum absolute atomic E-state index is 13.1. The first-order valence-corrected chi connectivity index (χ1v) is 13.4. The second-order valence-electron chi connectivity index (χ2n) is 9.31. The molecule has 2 aliphatic rings. The first-order valence-electron chi connectivity index (χ1n) is 12.6. The van der Waals surface area contributed by atoms with Gasteiger partial charge in [-0.1, -0.05) is 25.1 Å². The molecule has 2 amide bonds. The van der Waals surface area contributed by atoms with Gasteiger partial charge in [-0.15, -0.1) is 11.3 Å². The predicted molar refractivity (Wildman–Crippen MR) is 138 cm³/mol. The number of nitrogens with one attached hydrogen (secondary N) is 1. The summed E-state index contributed by atoms with van der Waals surface area (Å²) in [6, 6.07) is 9.64. The normalized spacial score (nSPS) is 16.1. The number of nitrogens with zero attached hydrogens (tertiary/aromatic N) is 2. The van der Waals surface area contributed by atoms with Crippen LogP contribution in [0.2, 0.25) is 0 Å².